The lowest BCUT2D eigenvalue weighted by Crippen LogP contribution is -2.23. The first-order valence-electron chi connectivity index (χ1n) is 9.59. The maximum absolute atomic E-state index is 10.8. The van der Waals surface area contributed by atoms with Gasteiger partial charge in [0, 0.05) is 24.8 Å². The summed E-state index contributed by atoms with van der Waals surface area (Å²) in [4.78, 5) is 0. The Hall–Kier alpha value is -2.35. The van der Waals surface area contributed by atoms with Crippen molar-refractivity contribution in [3.63, 3.8) is 0 Å². The predicted octanol–water partition coefficient (Wildman–Crippen LogP) is 4.98. The van der Waals surface area contributed by atoms with Crippen molar-refractivity contribution in [1.29, 1.82) is 0 Å². The van der Waals surface area contributed by atoms with Crippen molar-refractivity contribution in [2.24, 2.45) is 0 Å². The normalized spacial score (nSPS) is 22.1. The van der Waals surface area contributed by atoms with Crippen LogP contribution in [0.1, 0.15) is 12.8 Å². The SMILES string of the molecule is Oc1ccc(-c2ccccc2)cc1P1N(c2ccccc2)C[C@@H]2CCCN21. The van der Waals surface area contributed by atoms with Crippen LogP contribution >= 0.6 is 8.22 Å². The van der Waals surface area contributed by atoms with Crippen LogP contribution in [0, 0.1) is 0 Å². The summed E-state index contributed by atoms with van der Waals surface area (Å²) < 4.78 is 5.15. The average Bonchev–Trinajstić information content (AvgIpc) is 3.31. The predicted molar refractivity (Wildman–Crippen MR) is 114 cm³/mol. The van der Waals surface area contributed by atoms with E-state index in [0.717, 1.165) is 18.4 Å². The molecule has 0 aromatic heterocycles. The second kappa shape index (κ2) is 6.99. The quantitative estimate of drug-likeness (QED) is 0.655. The molecule has 2 fully saturated rings. The zero-order valence-corrected chi connectivity index (χ0v) is 16.1. The molecule has 0 bridgehead atoms. The number of aromatic hydroxyl groups is 1. The monoisotopic (exact) mass is 374 g/mol. The number of phenols is 1. The minimum atomic E-state index is -0.731. The largest absolute Gasteiger partial charge is 0.507 e. The van der Waals surface area contributed by atoms with Crippen molar-refractivity contribution >= 4 is 19.2 Å². The van der Waals surface area contributed by atoms with Crippen LogP contribution in [-0.2, 0) is 0 Å². The average molecular weight is 374 g/mol. The van der Waals surface area contributed by atoms with Gasteiger partial charge in [-0.2, -0.15) is 0 Å². The number of rotatable bonds is 3. The molecule has 0 radical (unpaired) electrons. The van der Waals surface area contributed by atoms with Gasteiger partial charge in [-0.1, -0.05) is 54.6 Å². The van der Waals surface area contributed by atoms with E-state index in [4.69, 9.17) is 0 Å². The van der Waals surface area contributed by atoms with Crippen LogP contribution in [0.25, 0.3) is 11.1 Å². The van der Waals surface area contributed by atoms with Gasteiger partial charge in [-0.05, 0) is 48.2 Å². The van der Waals surface area contributed by atoms with Crippen molar-refractivity contribution in [1.82, 2.24) is 4.67 Å². The molecule has 1 N–H and O–H groups in total. The van der Waals surface area contributed by atoms with E-state index in [-0.39, 0.29) is 0 Å². The lowest BCUT2D eigenvalue weighted by Gasteiger charge is -2.31. The van der Waals surface area contributed by atoms with Gasteiger partial charge in [0.05, 0.1) is 5.30 Å². The first-order valence-corrected chi connectivity index (χ1v) is 10.8. The first kappa shape index (κ1) is 16.8. The number of phenolic OH excluding ortho intramolecular Hbond substituents is 1. The van der Waals surface area contributed by atoms with Gasteiger partial charge >= 0.3 is 0 Å². The number of anilines is 1. The van der Waals surface area contributed by atoms with Gasteiger partial charge in [-0.15, -0.1) is 0 Å². The molecule has 27 heavy (non-hydrogen) atoms. The van der Waals surface area contributed by atoms with Gasteiger partial charge in [-0.3, -0.25) is 4.67 Å². The molecule has 2 saturated heterocycles. The highest BCUT2D eigenvalue weighted by atomic mass is 31.1. The summed E-state index contributed by atoms with van der Waals surface area (Å²) in [6.45, 7) is 2.17. The molecule has 0 spiro atoms. The Morgan fingerprint density at radius 1 is 0.852 bits per heavy atom. The Kier molecular flexibility index (Phi) is 4.35. The summed E-state index contributed by atoms with van der Waals surface area (Å²) in [7, 11) is -0.731. The van der Waals surface area contributed by atoms with E-state index >= 15 is 0 Å². The van der Waals surface area contributed by atoms with Crippen molar-refractivity contribution in [3.05, 3.63) is 78.9 Å². The third-order valence-electron chi connectivity index (χ3n) is 5.55. The molecular formula is C23H23N2OP. The maximum Gasteiger partial charge on any atom is 0.126 e. The Morgan fingerprint density at radius 2 is 1.59 bits per heavy atom. The lowest BCUT2D eigenvalue weighted by molar-refractivity contribution is 0.464. The topological polar surface area (TPSA) is 26.7 Å². The minimum absolute atomic E-state index is 0.411. The fourth-order valence-corrected chi connectivity index (χ4v) is 7.12. The second-order valence-corrected chi connectivity index (χ2v) is 9.29. The van der Waals surface area contributed by atoms with E-state index in [1.165, 1.54) is 29.7 Å². The summed E-state index contributed by atoms with van der Waals surface area (Å²) in [6.07, 6.45) is 2.51. The van der Waals surface area contributed by atoms with Crippen LogP contribution < -0.4 is 9.97 Å². The van der Waals surface area contributed by atoms with Gasteiger partial charge in [0.2, 0.25) is 0 Å². The summed E-state index contributed by atoms with van der Waals surface area (Å²) in [6, 6.07) is 27.8. The number of fused-ring (bicyclic) bond motifs is 1. The molecule has 3 aromatic carbocycles. The van der Waals surface area contributed by atoms with E-state index in [2.05, 4.69) is 70.0 Å². The van der Waals surface area contributed by atoms with Crippen LogP contribution in [-0.4, -0.2) is 28.9 Å². The molecule has 4 heteroatoms. The van der Waals surface area contributed by atoms with Crippen molar-refractivity contribution < 1.29 is 5.11 Å². The zero-order chi connectivity index (χ0) is 18.2. The fraction of sp³-hybridized carbons (Fsp3) is 0.217. The van der Waals surface area contributed by atoms with E-state index in [0.29, 0.717) is 11.8 Å². The van der Waals surface area contributed by atoms with Crippen LogP contribution in [0.3, 0.4) is 0 Å². The minimum Gasteiger partial charge on any atom is -0.507 e. The first-order chi connectivity index (χ1) is 13.3. The molecule has 3 nitrogen and oxygen atoms in total. The molecule has 1 unspecified atom stereocenters. The molecule has 2 aliphatic rings. The molecule has 2 atom stereocenters. The number of benzene rings is 3. The maximum atomic E-state index is 10.8. The van der Waals surface area contributed by atoms with Crippen LogP contribution in [0.4, 0.5) is 5.69 Å². The molecule has 0 amide bonds. The van der Waals surface area contributed by atoms with Gasteiger partial charge in [0.1, 0.15) is 14.0 Å². The molecule has 3 aromatic rings. The summed E-state index contributed by atoms with van der Waals surface area (Å²) >= 11 is 0. The highest BCUT2D eigenvalue weighted by Gasteiger charge is 2.44. The number of para-hydroxylation sites is 1. The summed E-state index contributed by atoms with van der Waals surface area (Å²) in [5.41, 5.74) is 3.61. The van der Waals surface area contributed by atoms with Crippen molar-refractivity contribution in [3.8, 4) is 16.9 Å². The van der Waals surface area contributed by atoms with Crippen LogP contribution in [0.15, 0.2) is 78.9 Å². The molecule has 0 saturated carbocycles. The van der Waals surface area contributed by atoms with E-state index < -0.39 is 8.22 Å². The third-order valence-corrected chi connectivity index (χ3v) is 8.21. The van der Waals surface area contributed by atoms with Crippen molar-refractivity contribution in [2.45, 2.75) is 18.9 Å². The van der Waals surface area contributed by atoms with Gasteiger partial charge in [0.25, 0.3) is 0 Å². The standard InChI is InChI=1S/C23H23N2OP/c26-22-14-13-19(18-8-3-1-4-9-18)16-23(22)27-24-15-7-12-21(24)17-25(27)20-10-5-2-6-11-20/h1-6,8-11,13-14,16,21,26H,7,12,15,17H2/t21-,27?/m0/s1. The second-order valence-electron chi connectivity index (χ2n) is 7.24. The van der Waals surface area contributed by atoms with Crippen molar-refractivity contribution in [2.75, 3.05) is 17.8 Å². The Balaban J connectivity index is 1.60. The smallest absolute Gasteiger partial charge is 0.126 e. The zero-order valence-electron chi connectivity index (χ0n) is 15.2. The molecule has 5 rings (SSSR count). The van der Waals surface area contributed by atoms with Gasteiger partial charge in [0.15, 0.2) is 0 Å². The molecule has 136 valence electrons. The van der Waals surface area contributed by atoms with Crippen LogP contribution in [0.5, 0.6) is 5.75 Å². The summed E-state index contributed by atoms with van der Waals surface area (Å²) in [5.74, 6) is 0.411. The van der Waals surface area contributed by atoms with E-state index in [1.807, 2.05) is 18.2 Å². The summed E-state index contributed by atoms with van der Waals surface area (Å²) in [5, 5.41) is 11.9. The number of hydrogen-bond acceptors (Lipinski definition) is 3. The highest BCUT2D eigenvalue weighted by Crippen LogP contribution is 2.56. The molecule has 2 heterocycles. The molecule has 2 aliphatic heterocycles. The highest BCUT2D eigenvalue weighted by molar-refractivity contribution is 7.65. The Morgan fingerprint density at radius 3 is 2.37 bits per heavy atom. The van der Waals surface area contributed by atoms with Gasteiger partial charge in [-0.25, -0.2) is 0 Å². The lowest BCUT2D eigenvalue weighted by atomic mass is 10.1. The molecule has 0 aliphatic carbocycles. The Labute approximate surface area is 161 Å². The van der Waals surface area contributed by atoms with Gasteiger partial charge < -0.3 is 9.78 Å². The fourth-order valence-electron chi connectivity index (χ4n) is 4.25. The Bertz CT molecular complexity index is 932. The van der Waals surface area contributed by atoms with E-state index in [9.17, 15) is 5.11 Å². The van der Waals surface area contributed by atoms with E-state index in [1.54, 1.807) is 0 Å². The van der Waals surface area contributed by atoms with Crippen LogP contribution in [0.2, 0.25) is 0 Å². The number of nitrogens with zero attached hydrogens (tertiary/aromatic N) is 2. The number of hydrogen-bond donors (Lipinski definition) is 1. The molecular weight excluding hydrogens is 351 g/mol. The third kappa shape index (κ3) is 3.01.